The summed E-state index contributed by atoms with van der Waals surface area (Å²) >= 11 is 0. The summed E-state index contributed by atoms with van der Waals surface area (Å²) in [5.41, 5.74) is 0. The second kappa shape index (κ2) is 5.78. The third-order valence-electron chi connectivity index (χ3n) is 4.40. The topological polar surface area (TPSA) is 23.5 Å². The van der Waals surface area contributed by atoms with Crippen LogP contribution in [0, 0.1) is 11.8 Å². The Bertz CT molecular complexity index is 269. The van der Waals surface area contributed by atoms with Gasteiger partial charge in [-0.2, -0.15) is 13.2 Å². The highest BCUT2D eigenvalue weighted by molar-refractivity contribution is 4.81. The minimum atomic E-state index is -4.05. The van der Waals surface area contributed by atoms with Crippen molar-refractivity contribution in [2.45, 2.75) is 50.8 Å². The molecule has 2 fully saturated rings. The van der Waals surface area contributed by atoms with Gasteiger partial charge in [0.25, 0.3) is 0 Å². The fraction of sp³-hybridized carbons (Fsp3) is 1.00. The summed E-state index contributed by atoms with van der Waals surface area (Å²) in [6.07, 6.45) is 0.402. The zero-order chi connectivity index (χ0) is 13.2. The first kappa shape index (κ1) is 14.1. The van der Waals surface area contributed by atoms with Crippen LogP contribution in [-0.4, -0.2) is 41.9 Å². The molecule has 1 aliphatic heterocycles. The van der Waals surface area contributed by atoms with Crippen LogP contribution in [0.2, 0.25) is 0 Å². The van der Waals surface area contributed by atoms with Gasteiger partial charge in [0.1, 0.15) is 0 Å². The van der Waals surface area contributed by atoms with Crippen molar-refractivity contribution in [3.63, 3.8) is 0 Å². The molecule has 0 radical (unpaired) electrons. The fourth-order valence-electron chi connectivity index (χ4n) is 3.23. The standard InChI is InChI=1S/C13H22F3NO/c14-13(15,16)11-4-2-7-17(9-11)8-6-10-3-1-5-12(10)18/h10-12,18H,1-9H2. The lowest BCUT2D eigenvalue weighted by atomic mass is 9.96. The van der Waals surface area contributed by atoms with Crippen molar-refractivity contribution >= 4 is 0 Å². The SMILES string of the molecule is OC1CCCC1CCN1CCCC(C(F)(F)F)C1. The third kappa shape index (κ3) is 3.60. The van der Waals surface area contributed by atoms with E-state index in [2.05, 4.69) is 0 Å². The average molecular weight is 265 g/mol. The van der Waals surface area contributed by atoms with Crippen LogP contribution >= 0.6 is 0 Å². The molecule has 1 heterocycles. The van der Waals surface area contributed by atoms with Crippen molar-refractivity contribution in [2.75, 3.05) is 19.6 Å². The number of rotatable bonds is 3. The van der Waals surface area contributed by atoms with Crippen molar-refractivity contribution in [3.8, 4) is 0 Å². The highest BCUT2D eigenvalue weighted by Crippen LogP contribution is 2.34. The highest BCUT2D eigenvalue weighted by Gasteiger charge is 2.41. The van der Waals surface area contributed by atoms with E-state index < -0.39 is 12.1 Å². The van der Waals surface area contributed by atoms with Gasteiger partial charge in [-0.05, 0) is 51.1 Å². The lowest BCUT2D eigenvalue weighted by Gasteiger charge is -2.34. The lowest BCUT2D eigenvalue weighted by Crippen LogP contribution is -2.42. The predicted octanol–water partition coefficient (Wildman–Crippen LogP) is 2.81. The number of piperidine rings is 1. The van der Waals surface area contributed by atoms with Gasteiger partial charge >= 0.3 is 6.18 Å². The molecule has 1 aliphatic carbocycles. The summed E-state index contributed by atoms with van der Waals surface area (Å²) in [6.45, 7) is 1.62. The molecule has 18 heavy (non-hydrogen) atoms. The van der Waals surface area contributed by atoms with E-state index >= 15 is 0 Å². The summed E-state index contributed by atoms with van der Waals surface area (Å²) < 4.78 is 38.0. The second-order valence-corrected chi connectivity index (χ2v) is 5.73. The lowest BCUT2D eigenvalue weighted by molar-refractivity contribution is -0.186. The van der Waals surface area contributed by atoms with Crippen LogP contribution in [0.25, 0.3) is 0 Å². The second-order valence-electron chi connectivity index (χ2n) is 5.73. The van der Waals surface area contributed by atoms with E-state index in [9.17, 15) is 18.3 Å². The Morgan fingerprint density at radius 1 is 1.11 bits per heavy atom. The summed E-state index contributed by atoms with van der Waals surface area (Å²) in [4.78, 5) is 1.92. The molecule has 1 N–H and O–H groups in total. The number of hydrogen-bond acceptors (Lipinski definition) is 2. The molecule has 3 atom stereocenters. The highest BCUT2D eigenvalue weighted by atomic mass is 19.4. The van der Waals surface area contributed by atoms with Gasteiger partial charge in [0.15, 0.2) is 0 Å². The largest absolute Gasteiger partial charge is 0.393 e. The summed E-state index contributed by atoms with van der Waals surface area (Å²) in [6, 6.07) is 0. The van der Waals surface area contributed by atoms with Crippen molar-refractivity contribution in [1.29, 1.82) is 0 Å². The molecule has 0 aromatic rings. The van der Waals surface area contributed by atoms with Crippen molar-refractivity contribution < 1.29 is 18.3 Å². The van der Waals surface area contributed by atoms with Crippen LogP contribution in [0.4, 0.5) is 13.2 Å². The molecule has 2 nitrogen and oxygen atoms in total. The van der Waals surface area contributed by atoms with Gasteiger partial charge in [-0.3, -0.25) is 0 Å². The maximum Gasteiger partial charge on any atom is 0.393 e. The van der Waals surface area contributed by atoms with E-state index in [0.29, 0.717) is 18.9 Å². The molecule has 1 saturated heterocycles. The van der Waals surface area contributed by atoms with Gasteiger partial charge in [0.2, 0.25) is 0 Å². The van der Waals surface area contributed by atoms with E-state index in [-0.39, 0.29) is 19.1 Å². The zero-order valence-electron chi connectivity index (χ0n) is 10.6. The fourth-order valence-corrected chi connectivity index (χ4v) is 3.23. The average Bonchev–Trinajstić information content (AvgIpc) is 2.72. The van der Waals surface area contributed by atoms with E-state index in [1.807, 2.05) is 4.90 Å². The maximum atomic E-state index is 12.7. The Kier molecular flexibility index (Phi) is 4.54. The first-order valence-electron chi connectivity index (χ1n) is 6.94. The van der Waals surface area contributed by atoms with Gasteiger partial charge in [-0.25, -0.2) is 0 Å². The van der Waals surface area contributed by atoms with Crippen LogP contribution in [-0.2, 0) is 0 Å². The molecule has 2 aliphatic rings. The van der Waals surface area contributed by atoms with Gasteiger partial charge in [0, 0.05) is 6.54 Å². The smallest absolute Gasteiger partial charge is 0.393 e. The molecule has 5 heteroatoms. The molecule has 3 unspecified atom stereocenters. The van der Waals surface area contributed by atoms with Gasteiger partial charge in [0.05, 0.1) is 12.0 Å². The molecule has 106 valence electrons. The molecule has 0 aromatic heterocycles. The molecule has 0 spiro atoms. The van der Waals surface area contributed by atoms with Crippen molar-refractivity contribution in [3.05, 3.63) is 0 Å². The molecular weight excluding hydrogens is 243 g/mol. The minimum absolute atomic E-state index is 0.145. The van der Waals surface area contributed by atoms with E-state index in [1.54, 1.807) is 0 Å². The summed E-state index contributed by atoms with van der Waals surface area (Å²) in [7, 11) is 0. The molecule has 0 bridgehead atoms. The van der Waals surface area contributed by atoms with Crippen LogP contribution < -0.4 is 0 Å². The van der Waals surface area contributed by atoms with E-state index in [0.717, 1.165) is 32.2 Å². The van der Waals surface area contributed by atoms with E-state index in [1.165, 1.54) is 0 Å². The van der Waals surface area contributed by atoms with Crippen LogP contribution in [0.1, 0.15) is 38.5 Å². The predicted molar refractivity (Wildman–Crippen MR) is 63.2 cm³/mol. The Morgan fingerprint density at radius 3 is 2.50 bits per heavy atom. The Labute approximate surface area is 106 Å². The summed E-state index contributed by atoms with van der Waals surface area (Å²) in [5, 5.41) is 9.70. The molecule has 2 rings (SSSR count). The first-order chi connectivity index (χ1) is 8.47. The van der Waals surface area contributed by atoms with Crippen molar-refractivity contribution in [2.24, 2.45) is 11.8 Å². The number of likely N-dealkylation sites (tertiary alicyclic amines) is 1. The number of alkyl halides is 3. The first-order valence-corrected chi connectivity index (χ1v) is 6.94. The number of nitrogens with zero attached hydrogens (tertiary/aromatic N) is 1. The van der Waals surface area contributed by atoms with E-state index in [4.69, 9.17) is 0 Å². The number of aliphatic hydroxyl groups is 1. The Hall–Kier alpha value is -0.290. The van der Waals surface area contributed by atoms with Gasteiger partial charge in [-0.1, -0.05) is 6.42 Å². The number of aliphatic hydroxyl groups excluding tert-OH is 1. The van der Waals surface area contributed by atoms with Gasteiger partial charge < -0.3 is 10.0 Å². The molecule has 1 saturated carbocycles. The Balaban J connectivity index is 1.76. The maximum absolute atomic E-state index is 12.7. The van der Waals surface area contributed by atoms with Crippen LogP contribution in [0.3, 0.4) is 0 Å². The minimum Gasteiger partial charge on any atom is -0.393 e. The zero-order valence-corrected chi connectivity index (χ0v) is 10.6. The van der Waals surface area contributed by atoms with Crippen LogP contribution in [0.15, 0.2) is 0 Å². The normalized spacial score (nSPS) is 35.0. The molecular formula is C13H22F3NO. The third-order valence-corrected chi connectivity index (χ3v) is 4.40. The van der Waals surface area contributed by atoms with Gasteiger partial charge in [-0.15, -0.1) is 0 Å². The van der Waals surface area contributed by atoms with Crippen molar-refractivity contribution in [1.82, 2.24) is 4.90 Å². The number of halogens is 3. The summed E-state index contributed by atoms with van der Waals surface area (Å²) in [5.74, 6) is -0.851. The van der Waals surface area contributed by atoms with Crippen LogP contribution in [0.5, 0.6) is 0 Å². The molecule has 0 amide bonds. The monoisotopic (exact) mass is 265 g/mol. The molecule has 0 aromatic carbocycles. The Morgan fingerprint density at radius 2 is 1.89 bits per heavy atom. The number of hydrogen-bond donors (Lipinski definition) is 1. The quantitative estimate of drug-likeness (QED) is 0.848.